The van der Waals surface area contributed by atoms with E-state index in [0.717, 1.165) is 11.4 Å². The van der Waals surface area contributed by atoms with Gasteiger partial charge >= 0.3 is 0 Å². The van der Waals surface area contributed by atoms with Crippen molar-refractivity contribution in [1.82, 2.24) is 10.3 Å². The standard InChI is InChI=1S/C21H17FN4O/c22-19-4-2-1-3-16(19)11-12-24-21(27)20-10-9-18(14-25-20)26-17-7-5-15(13-23)6-8-17/h1-10,14,26H,11-12H2,(H,24,27). The molecule has 0 aliphatic rings. The number of hydrogen-bond acceptors (Lipinski definition) is 4. The Hall–Kier alpha value is -3.72. The highest BCUT2D eigenvalue weighted by molar-refractivity contribution is 5.92. The van der Waals surface area contributed by atoms with Crippen molar-refractivity contribution in [2.75, 3.05) is 11.9 Å². The fraction of sp³-hybridized carbons (Fsp3) is 0.0952. The van der Waals surface area contributed by atoms with Gasteiger partial charge in [0.25, 0.3) is 5.91 Å². The summed E-state index contributed by atoms with van der Waals surface area (Å²) < 4.78 is 13.6. The Balaban J connectivity index is 1.53. The number of halogens is 1. The Morgan fingerprint density at radius 1 is 1.04 bits per heavy atom. The van der Waals surface area contributed by atoms with E-state index in [-0.39, 0.29) is 17.4 Å². The summed E-state index contributed by atoms with van der Waals surface area (Å²) in [4.78, 5) is 16.3. The lowest BCUT2D eigenvalue weighted by Crippen LogP contribution is -2.26. The minimum Gasteiger partial charge on any atom is -0.354 e. The Kier molecular flexibility index (Phi) is 5.75. The molecule has 0 aliphatic heterocycles. The molecule has 0 saturated carbocycles. The topological polar surface area (TPSA) is 77.8 Å². The van der Waals surface area contributed by atoms with E-state index >= 15 is 0 Å². The average Bonchev–Trinajstić information content (AvgIpc) is 2.70. The second-order valence-corrected chi connectivity index (χ2v) is 5.84. The molecule has 0 bridgehead atoms. The largest absolute Gasteiger partial charge is 0.354 e. The smallest absolute Gasteiger partial charge is 0.269 e. The van der Waals surface area contributed by atoms with Crippen molar-refractivity contribution in [3.8, 4) is 6.07 Å². The molecule has 1 amide bonds. The third kappa shape index (κ3) is 4.89. The van der Waals surface area contributed by atoms with E-state index in [4.69, 9.17) is 5.26 Å². The lowest BCUT2D eigenvalue weighted by Gasteiger charge is -2.08. The van der Waals surface area contributed by atoms with E-state index in [1.807, 2.05) is 0 Å². The van der Waals surface area contributed by atoms with Crippen LogP contribution >= 0.6 is 0 Å². The van der Waals surface area contributed by atoms with Gasteiger partial charge in [-0.15, -0.1) is 0 Å². The third-order valence-corrected chi connectivity index (χ3v) is 3.94. The fourth-order valence-corrected chi connectivity index (χ4v) is 2.50. The van der Waals surface area contributed by atoms with E-state index in [1.165, 1.54) is 6.07 Å². The van der Waals surface area contributed by atoms with E-state index < -0.39 is 0 Å². The van der Waals surface area contributed by atoms with E-state index in [9.17, 15) is 9.18 Å². The normalized spacial score (nSPS) is 10.1. The Morgan fingerprint density at radius 2 is 1.78 bits per heavy atom. The molecule has 0 spiro atoms. The van der Waals surface area contributed by atoms with E-state index in [0.29, 0.717) is 24.1 Å². The number of nitrogens with one attached hydrogen (secondary N) is 2. The zero-order valence-corrected chi connectivity index (χ0v) is 14.4. The summed E-state index contributed by atoms with van der Waals surface area (Å²) in [6.07, 6.45) is 1.97. The maximum atomic E-state index is 13.6. The van der Waals surface area contributed by atoms with Crippen molar-refractivity contribution >= 4 is 17.3 Å². The summed E-state index contributed by atoms with van der Waals surface area (Å²) >= 11 is 0. The first-order chi connectivity index (χ1) is 13.2. The number of aromatic nitrogens is 1. The Bertz CT molecular complexity index is 963. The fourth-order valence-electron chi connectivity index (χ4n) is 2.50. The quantitative estimate of drug-likeness (QED) is 0.701. The van der Waals surface area contributed by atoms with Crippen LogP contribution < -0.4 is 10.6 Å². The highest BCUT2D eigenvalue weighted by Gasteiger charge is 2.08. The number of benzene rings is 2. The van der Waals surface area contributed by atoms with Gasteiger partial charge in [0, 0.05) is 12.2 Å². The van der Waals surface area contributed by atoms with Gasteiger partial charge in [0.2, 0.25) is 0 Å². The second-order valence-electron chi connectivity index (χ2n) is 5.84. The molecule has 0 saturated heterocycles. The minimum atomic E-state index is -0.309. The molecule has 1 aromatic heterocycles. The molecular weight excluding hydrogens is 343 g/mol. The van der Waals surface area contributed by atoms with Gasteiger partial charge in [0.1, 0.15) is 11.5 Å². The predicted molar refractivity (Wildman–Crippen MR) is 101 cm³/mol. The highest BCUT2D eigenvalue weighted by atomic mass is 19.1. The maximum absolute atomic E-state index is 13.6. The average molecular weight is 360 g/mol. The van der Waals surface area contributed by atoms with Crippen LogP contribution in [0.3, 0.4) is 0 Å². The zero-order valence-electron chi connectivity index (χ0n) is 14.4. The van der Waals surface area contributed by atoms with E-state index in [1.54, 1.807) is 60.8 Å². The van der Waals surface area contributed by atoms with Crippen LogP contribution in [-0.2, 0) is 6.42 Å². The number of nitriles is 1. The summed E-state index contributed by atoms with van der Waals surface area (Å²) in [5, 5.41) is 14.7. The summed E-state index contributed by atoms with van der Waals surface area (Å²) in [5.41, 5.74) is 2.98. The minimum absolute atomic E-state index is 0.275. The third-order valence-electron chi connectivity index (χ3n) is 3.94. The van der Waals surface area contributed by atoms with Crippen molar-refractivity contribution in [2.24, 2.45) is 0 Å². The molecule has 1 heterocycles. The number of pyridine rings is 1. The molecule has 6 heteroatoms. The number of carbonyl (C=O) groups excluding carboxylic acids is 1. The molecular formula is C21H17FN4O. The molecule has 3 rings (SSSR count). The van der Waals surface area contributed by atoms with E-state index in [2.05, 4.69) is 21.7 Å². The van der Waals surface area contributed by atoms with Crippen molar-refractivity contribution in [1.29, 1.82) is 5.26 Å². The molecule has 0 unspecified atom stereocenters. The summed E-state index contributed by atoms with van der Waals surface area (Å²) in [6, 6.07) is 18.9. The van der Waals surface area contributed by atoms with Crippen LogP contribution in [-0.4, -0.2) is 17.4 Å². The van der Waals surface area contributed by atoms with Gasteiger partial charge in [-0.05, 0) is 54.4 Å². The Labute approximate surface area is 156 Å². The van der Waals surface area contributed by atoms with Crippen LogP contribution in [0.2, 0.25) is 0 Å². The lowest BCUT2D eigenvalue weighted by molar-refractivity contribution is 0.0949. The number of carbonyl (C=O) groups is 1. The summed E-state index contributed by atoms with van der Waals surface area (Å²) in [7, 11) is 0. The van der Waals surface area contributed by atoms with Crippen molar-refractivity contribution in [2.45, 2.75) is 6.42 Å². The van der Waals surface area contributed by atoms with Crippen molar-refractivity contribution in [3.05, 3.63) is 89.5 Å². The molecule has 5 nitrogen and oxygen atoms in total. The lowest BCUT2D eigenvalue weighted by atomic mass is 10.1. The molecule has 0 aliphatic carbocycles. The number of hydrogen-bond donors (Lipinski definition) is 2. The van der Waals surface area contributed by atoms with Crippen LogP contribution in [0.15, 0.2) is 66.9 Å². The number of nitrogens with zero attached hydrogens (tertiary/aromatic N) is 2. The van der Waals surface area contributed by atoms with Gasteiger partial charge in [0.15, 0.2) is 0 Å². The summed E-state index contributed by atoms with van der Waals surface area (Å²) in [6.45, 7) is 0.326. The maximum Gasteiger partial charge on any atom is 0.269 e. The van der Waals surface area contributed by atoms with Gasteiger partial charge in [-0.3, -0.25) is 4.79 Å². The first kappa shape index (κ1) is 18.1. The monoisotopic (exact) mass is 360 g/mol. The molecule has 2 aromatic carbocycles. The van der Waals surface area contributed by atoms with Crippen LogP contribution in [0.1, 0.15) is 21.6 Å². The van der Waals surface area contributed by atoms with Gasteiger partial charge < -0.3 is 10.6 Å². The molecule has 134 valence electrons. The van der Waals surface area contributed by atoms with Crippen molar-refractivity contribution < 1.29 is 9.18 Å². The zero-order chi connectivity index (χ0) is 19.1. The highest BCUT2D eigenvalue weighted by Crippen LogP contribution is 2.16. The number of rotatable bonds is 6. The molecule has 3 aromatic rings. The van der Waals surface area contributed by atoms with Crippen LogP contribution in [0.25, 0.3) is 0 Å². The van der Waals surface area contributed by atoms with Crippen LogP contribution in [0.4, 0.5) is 15.8 Å². The Morgan fingerprint density at radius 3 is 2.44 bits per heavy atom. The molecule has 27 heavy (non-hydrogen) atoms. The SMILES string of the molecule is N#Cc1ccc(Nc2ccc(C(=O)NCCc3ccccc3F)nc2)cc1. The van der Waals surface area contributed by atoms with Crippen LogP contribution in [0, 0.1) is 17.1 Å². The van der Waals surface area contributed by atoms with Gasteiger partial charge in [0.05, 0.1) is 23.5 Å². The van der Waals surface area contributed by atoms with Gasteiger partial charge in [-0.25, -0.2) is 9.37 Å². The first-order valence-corrected chi connectivity index (χ1v) is 8.40. The van der Waals surface area contributed by atoms with Crippen LogP contribution in [0.5, 0.6) is 0 Å². The molecule has 0 radical (unpaired) electrons. The number of anilines is 2. The molecule has 0 atom stereocenters. The molecule has 0 fully saturated rings. The predicted octanol–water partition coefficient (Wildman–Crippen LogP) is 3.81. The number of amides is 1. The molecule has 2 N–H and O–H groups in total. The second kappa shape index (κ2) is 8.59. The first-order valence-electron chi connectivity index (χ1n) is 8.40. The summed E-state index contributed by atoms with van der Waals surface area (Å²) in [5.74, 6) is -0.584. The van der Waals surface area contributed by atoms with Crippen molar-refractivity contribution in [3.63, 3.8) is 0 Å². The van der Waals surface area contributed by atoms with Gasteiger partial charge in [-0.1, -0.05) is 18.2 Å². The van der Waals surface area contributed by atoms with Gasteiger partial charge in [-0.2, -0.15) is 5.26 Å².